The summed E-state index contributed by atoms with van der Waals surface area (Å²) >= 11 is 1.60. The molecule has 0 radical (unpaired) electrons. The molecule has 27 heavy (non-hydrogen) atoms. The molecule has 0 spiro atoms. The minimum atomic E-state index is -0.114. The maximum atomic E-state index is 12.8. The van der Waals surface area contributed by atoms with E-state index in [1.165, 1.54) is 0 Å². The number of rotatable bonds is 4. The molecule has 136 valence electrons. The molecule has 0 unspecified atom stereocenters. The number of allylic oxidation sites excluding steroid dienone is 1. The third kappa shape index (κ3) is 4.07. The van der Waals surface area contributed by atoms with Crippen LogP contribution in [0.3, 0.4) is 0 Å². The SMILES string of the molecule is C=C/C=c1/nc(-c2ccccc2NC(=O)c2ccc(C)cc2C)s/c1=C/C. The van der Waals surface area contributed by atoms with E-state index in [1.807, 2.05) is 75.4 Å². The Kier molecular flexibility index (Phi) is 5.67. The quantitative estimate of drug-likeness (QED) is 0.733. The monoisotopic (exact) mass is 374 g/mol. The van der Waals surface area contributed by atoms with Gasteiger partial charge in [0.25, 0.3) is 5.91 Å². The summed E-state index contributed by atoms with van der Waals surface area (Å²) < 4.78 is 1.08. The molecule has 1 N–H and O–H groups in total. The fourth-order valence-electron chi connectivity index (χ4n) is 2.93. The Bertz CT molecular complexity index is 1130. The van der Waals surface area contributed by atoms with Crippen LogP contribution in [0.1, 0.15) is 28.4 Å². The number of para-hydroxylation sites is 1. The molecule has 0 aliphatic carbocycles. The van der Waals surface area contributed by atoms with E-state index in [0.717, 1.165) is 37.3 Å². The van der Waals surface area contributed by atoms with Crippen molar-refractivity contribution in [1.29, 1.82) is 0 Å². The van der Waals surface area contributed by atoms with Gasteiger partial charge >= 0.3 is 0 Å². The summed E-state index contributed by atoms with van der Waals surface area (Å²) in [4.78, 5) is 17.5. The molecule has 1 amide bonds. The van der Waals surface area contributed by atoms with E-state index >= 15 is 0 Å². The molecule has 4 heteroatoms. The lowest BCUT2D eigenvalue weighted by atomic mass is 10.0. The first-order valence-corrected chi connectivity index (χ1v) is 9.59. The minimum Gasteiger partial charge on any atom is -0.321 e. The van der Waals surface area contributed by atoms with E-state index in [2.05, 4.69) is 11.9 Å². The molecule has 3 rings (SSSR count). The van der Waals surface area contributed by atoms with Gasteiger partial charge in [-0.25, -0.2) is 4.98 Å². The van der Waals surface area contributed by atoms with Crippen molar-refractivity contribution < 1.29 is 4.79 Å². The molecule has 0 aliphatic rings. The molecule has 0 aliphatic heterocycles. The van der Waals surface area contributed by atoms with Crippen molar-refractivity contribution >= 4 is 35.1 Å². The van der Waals surface area contributed by atoms with Crippen molar-refractivity contribution in [3.63, 3.8) is 0 Å². The Morgan fingerprint density at radius 1 is 1.19 bits per heavy atom. The number of anilines is 1. The van der Waals surface area contributed by atoms with Gasteiger partial charge in [-0.2, -0.15) is 0 Å². The standard InChI is InChI=1S/C23H22N2OS/c1-5-9-20-21(6-2)27-23(25-20)18-10-7-8-11-19(18)24-22(26)17-13-12-15(3)14-16(17)4/h5-14H,1H2,2-4H3,(H,24,26)/b20-9+,21-6+. The number of carbonyl (C=O) groups is 1. The number of nitrogens with zero attached hydrogens (tertiary/aromatic N) is 1. The van der Waals surface area contributed by atoms with Crippen LogP contribution in [0.5, 0.6) is 0 Å². The number of benzene rings is 2. The third-order valence-electron chi connectivity index (χ3n) is 4.25. The predicted octanol–water partition coefficient (Wildman–Crippen LogP) is 4.45. The van der Waals surface area contributed by atoms with Gasteiger partial charge in [0.05, 0.1) is 15.6 Å². The summed E-state index contributed by atoms with van der Waals surface area (Å²) in [6.07, 6.45) is 5.67. The van der Waals surface area contributed by atoms with Gasteiger partial charge in [-0.05, 0) is 50.6 Å². The second-order valence-electron chi connectivity index (χ2n) is 6.28. The lowest BCUT2D eigenvalue weighted by molar-refractivity contribution is 0.102. The summed E-state index contributed by atoms with van der Waals surface area (Å²) in [6.45, 7) is 9.72. The first kappa shape index (κ1) is 18.8. The zero-order valence-corrected chi connectivity index (χ0v) is 16.6. The summed E-state index contributed by atoms with van der Waals surface area (Å²) in [5, 5.41) is 4.81. The lowest BCUT2D eigenvalue weighted by Crippen LogP contribution is -2.19. The number of amides is 1. The van der Waals surface area contributed by atoms with Gasteiger partial charge in [0.15, 0.2) is 0 Å². The highest BCUT2D eigenvalue weighted by Gasteiger charge is 2.14. The van der Waals surface area contributed by atoms with Crippen LogP contribution in [-0.4, -0.2) is 10.9 Å². The van der Waals surface area contributed by atoms with Crippen molar-refractivity contribution in [2.24, 2.45) is 0 Å². The predicted molar refractivity (Wildman–Crippen MR) is 115 cm³/mol. The largest absolute Gasteiger partial charge is 0.321 e. The summed E-state index contributed by atoms with van der Waals surface area (Å²) in [7, 11) is 0. The van der Waals surface area contributed by atoms with Crippen LogP contribution < -0.4 is 15.2 Å². The van der Waals surface area contributed by atoms with Gasteiger partial charge in [-0.1, -0.05) is 48.6 Å². The van der Waals surface area contributed by atoms with Crippen LogP contribution in [-0.2, 0) is 0 Å². The normalized spacial score (nSPS) is 12.3. The summed E-state index contributed by atoms with van der Waals surface area (Å²) in [5.41, 5.74) is 4.45. The van der Waals surface area contributed by atoms with Crippen LogP contribution in [0.15, 0.2) is 55.1 Å². The lowest BCUT2D eigenvalue weighted by Gasteiger charge is -2.11. The Labute approximate surface area is 163 Å². The molecule has 2 aromatic carbocycles. The van der Waals surface area contributed by atoms with Crippen molar-refractivity contribution in [1.82, 2.24) is 4.98 Å². The number of nitrogens with one attached hydrogen (secondary N) is 1. The highest BCUT2D eigenvalue weighted by atomic mass is 32.1. The number of carbonyl (C=O) groups excluding carboxylic acids is 1. The van der Waals surface area contributed by atoms with Crippen LogP contribution in [0, 0.1) is 13.8 Å². The first-order chi connectivity index (χ1) is 13.0. The molecule has 0 fully saturated rings. The average Bonchev–Trinajstić information content (AvgIpc) is 3.05. The van der Waals surface area contributed by atoms with Gasteiger partial charge in [0.1, 0.15) is 5.01 Å². The molecule has 0 saturated carbocycles. The Morgan fingerprint density at radius 2 is 1.96 bits per heavy atom. The van der Waals surface area contributed by atoms with Crippen LogP contribution in [0.25, 0.3) is 22.7 Å². The van der Waals surface area contributed by atoms with E-state index in [9.17, 15) is 4.79 Å². The van der Waals surface area contributed by atoms with Crippen LogP contribution in [0.2, 0.25) is 0 Å². The maximum Gasteiger partial charge on any atom is 0.255 e. The number of aryl methyl sites for hydroxylation is 2. The topological polar surface area (TPSA) is 42.0 Å². The number of aromatic nitrogens is 1. The molecular formula is C23H22N2OS. The van der Waals surface area contributed by atoms with Crippen molar-refractivity contribution in [2.75, 3.05) is 5.32 Å². The zero-order valence-electron chi connectivity index (χ0n) is 15.7. The van der Waals surface area contributed by atoms with Crippen LogP contribution >= 0.6 is 11.3 Å². The molecule has 0 saturated heterocycles. The highest BCUT2D eigenvalue weighted by molar-refractivity contribution is 7.13. The second kappa shape index (κ2) is 8.14. The fourth-order valence-corrected chi connectivity index (χ4v) is 3.91. The molecule has 3 nitrogen and oxygen atoms in total. The molecule has 1 heterocycles. The fraction of sp³-hybridized carbons (Fsp3) is 0.130. The van der Waals surface area contributed by atoms with E-state index < -0.39 is 0 Å². The van der Waals surface area contributed by atoms with E-state index in [-0.39, 0.29) is 5.91 Å². The number of thiazole rings is 1. The smallest absolute Gasteiger partial charge is 0.255 e. The van der Waals surface area contributed by atoms with Gasteiger partial charge in [-0.15, -0.1) is 11.3 Å². The van der Waals surface area contributed by atoms with Crippen molar-refractivity contribution in [3.05, 3.63) is 81.7 Å². The molecule has 0 atom stereocenters. The second-order valence-corrected chi connectivity index (χ2v) is 7.31. The number of hydrogen-bond donors (Lipinski definition) is 1. The van der Waals surface area contributed by atoms with Crippen molar-refractivity contribution in [2.45, 2.75) is 20.8 Å². The van der Waals surface area contributed by atoms with E-state index in [1.54, 1.807) is 17.4 Å². The Balaban J connectivity index is 2.01. The maximum absolute atomic E-state index is 12.8. The van der Waals surface area contributed by atoms with E-state index in [4.69, 9.17) is 4.98 Å². The Hall–Kier alpha value is -2.98. The van der Waals surface area contributed by atoms with Gasteiger partial charge in [0.2, 0.25) is 0 Å². The molecule has 0 bridgehead atoms. The average molecular weight is 375 g/mol. The molecule has 3 aromatic rings. The van der Waals surface area contributed by atoms with Crippen molar-refractivity contribution in [3.8, 4) is 10.6 Å². The summed E-state index contributed by atoms with van der Waals surface area (Å²) in [6, 6.07) is 13.6. The van der Waals surface area contributed by atoms with Crippen LogP contribution in [0.4, 0.5) is 5.69 Å². The highest BCUT2D eigenvalue weighted by Crippen LogP contribution is 2.28. The van der Waals surface area contributed by atoms with E-state index in [0.29, 0.717) is 5.56 Å². The minimum absolute atomic E-state index is 0.114. The van der Waals surface area contributed by atoms with Gasteiger partial charge in [-0.3, -0.25) is 4.79 Å². The molecule has 1 aromatic heterocycles. The third-order valence-corrected chi connectivity index (χ3v) is 5.42. The summed E-state index contributed by atoms with van der Waals surface area (Å²) in [5.74, 6) is -0.114. The zero-order chi connectivity index (χ0) is 19.4. The van der Waals surface area contributed by atoms with Gasteiger partial charge < -0.3 is 5.32 Å². The number of hydrogen-bond acceptors (Lipinski definition) is 3. The first-order valence-electron chi connectivity index (χ1n) is 8.77. The molecular weight excluding hydrogens is 352 g/mol. The Morgan fingerprint density at radius 3 is 2.67 bits per heavy atom. The van der Waals surface area contributed by atoms with Gasteiger partial charge in [0, 0.05) is 11.1 Å².